The van der Waals surface area contributed by atoms with Gasteiger partial charge in [0.05, 0.1) is 6.20 Å². The van der Waals surface area contributed by atoms with Gasteiger partial charge >= 0.3 is 0 Å². The molecule has 4 heterocycles. The molecule has 1 N–H and O–H groups in total. The number of fused-ring (bicyclic) bond motifs is 1. The van der Waals surface area contributed by atoms with Gasteiger partial charge in [0.1, 0.15) is 5.01 Å². The summed E-state index contributed by atoms with van der Waals surface area (Å²) in [4.78, 5) is 4.91. The number of H-pyrrole nitrogens is 1. The highest BCUT2D eigenvalue weighted by Gasteiger charge is 2.40. The summed E-state index contributed by atoms with van der Waals surface area (Å²) in [5, 5.41) is 18.3. The highest BCUT2D eigenvalue weighted by atomic mass is 32.1. The van der Waals surface area contributed by atoms with Crippen LogP contribution in [0.4, 0.5) is 5.13 Å². The van der Waals surface area contributed by atoms with Crippen LogP contribution in [0.3, 0.4) is 0 Å². The van der Waals surface area contributed by atoms with Gasteiger partial charge in [-0.05, 0) is 29.9 Å². The third kappa shape index (κ3) is 3.02. The smallest absolute Gasteiger partial charge is 0.208 e. The summed E-state index contributed by atoms with van der Waals surface area (Å²) in [6, 6.07) is 0. The molecule has 0 amide bonds. The first-order valence-corrected chi connectivity index (χ1v) is 10.5. The van der Waals surface area contributed by atoms with Crippen LogP contribution in [0.15, 0.2) is 30.6 Å². The first-order chi connectivity index (χ1) is 13.0. The van der Waals surface area contributed by atoms with E-state index in [1.807, 2.05) is 12.4 Å². The van der Waals surface area contributed by atoms with Crippen LogP contribution in [-0.2, 0) is 0 Å². The molecule has 2 fully saturated rings. The second kappa shape index (κ2) is 6.27. The van der Waals surface area contributed by atoms with E-state index < -0.39 is 0 Å². The van der Waals surface area contributed by atoms with Gasteiger partial charge < -0.3 is 9.80 Å². The van der Waals surface area contributed by atoms with Crippen LogP contribution in [0.5, 0.6) is 0 Å². The summed E-state index contributed by atoms with van der Waals surface area (Å²) in [6.45, 7) is 9.23. The average Bonchev–Trinajstić information content (AvgIpc) is 3.37. The number of anilines is 1. The number of hydrogen-bond donors (Lipinski definition) is 1. The summed E-state index contributed by atoms with van der Waals surface area (Å²) in [5.74, 6) is 1.83. The number of likely N-dealkylation sites (tertiary alicyclic amines) is 1. The summed E-state index contributed by atoms with van der Waals surface area (Å²) in [6.07, 6.45) is 10.6. The molecule has 2 aromatic rings. The summed E-state index contributed by atoms with van der Waals surface area (Å²) >= 11 is 1.77. The van der Waals surface area contributed by atoms with E-state index in [9.17, 15) is 0 Å². The lowest BCUT2D eigenvalue weighted by atomic mass is 9.74. The van der Waals surface area contributed by atoms with E-state index in [4.69, 9.17) is 0 Å². The average molecular weight is 383 g/mol. The van der Waals surface area contributed by atoms with Crippen LogP contribution < -0.4 is 4.90 Å². The fourth-order valence-corrected chi connectivity index (χ4v) is 5.98. The highest BCUT2D eigenvalue weighted by molar-refractivity contribution is 7.15. The number of nitrogens with one attached hydrogen (secondary N) is 1. The Kier molecular flexibility index (Phi) is 3.98. The first-order valence-electron chi connectivity index (χ1n) is 9.67. The molecule has 2 aromatic heterocycles. The molecule has 1 aliphatic carbocycles. The first kappa shape index (κ1) is 17.1. The van der Waals surface area contributed by atoms with Crippen molar-refractivity contribution < 1.29 is 0 Å². The molecule has 3 aliphatic rings. The standard InChI is InChI=1S/C20H26N6S/c1-20(2)6-13(14-7-21-22-8-14)4-5-17(20)18-23-24-19(27-18)26-11-15-9-25(3)10-16(15)12-26/h4-8,15-17H,9-12H2,1-3H3,(H,21,22). The van der Waals surface area contributed by atoms with Crippen LogP contribution >= 0.6 is 11.3 Å². The Morgan fingerprint density at radius 1 is 1.15 bits per heavy atom. The maximum Gasteiger partial charge on any atom is 0.208 e. The Morgan fingerprint density at radius 3 is 2.59 bits per heavy atom. The highest BCUT2D eigenvalue weighted by Crippen LogP contribution is 2.45. The third-order valence-corrected chi connectivity index (χ3v) is 7.33. The quantitative estimate of drug-likeness (QED) is 0.884. The predicted molar refractivity (Wildman–Crippen MR) is 109 cm³/mol. The molecule has 2 saturated heterocycles. The molecule has 0 radical (unpaired) electrons. The van der Waals surface area contributed by atoms with Crippen molar-refractivity contribution in [1.82, 2.24) is 25.3 Å². The van der Waals surface area contributed by atoms with Gasteiger partial charge in [-0.2, -0.15) is 5.10 Å². The van der Waals surface area contributed by atoms with Crippen molar-refractivity contribution in [3.8, 4) is 0 Å². The maximum absolute atomic E-state index is 4.59. The van der Waals surface area contributed by atoms with Crippen LogP contribution in [0.2, 0.25) is 0 Å². The number of aromatic nitrogens is 4. The molecule has 5 rings (SSSR count). The minimum Gasteiger partial charge on any atom is -0.346 e. The zero-order valence-corrected chi connectivity index (χ0v) is 16.9. The van der Waals surface area contributed by atoms with Crippen LogP contribution in [0.1, 0.15) is 30.3 Å². The van der Waals surface area contributed by atoms with Crippen molar-refractivity contribution in [3.05, 3.63) is 41.2 Å². The van der Waals surface area contributed by atoms with Crippen molar-refractivity contribution >= 4 is 22.0 Å². The van der Waals surface area contributed by atoms with E-state index >= 15 is 0 Å². The van der Waals surface area contributed by atoms with Gasteiger partial charge in [-0.25, -0.2) is 0 Å². The van der Waals surface area contributed by atoms with Crippen LogP contribution in [-0.4, -0.2) is 58.5 Å². The monoisotopic (exact) mass is 382 g/mol. The molecule has 6 nitrogen and oxygen atoms in total. The van der Waals surface area contributed by atoms with Gasteiger partial charge in [0.2, 0.25) is 5.13 Å². The molecule has 2 aliphatic heterocycles. The minimum absolute atomic E-state index is 0.0115. The molecule has 0 saturated carbocycles. The van der Waals surface area contributed by atoms with Gasteiger partial charge in [-0.3, -0.25) is 5.10 Å². The lowest BCUT2D eigenvalue weighted by Gasteiger charge is -2.31. The van der Waals surface area contributed by atoms with E-state index in [1.165, 1.54) is 18.7 Å². The Balaban J connectivity index is 1.34. The molecule has 142 valence electrons. The Hall–Kier alpha value is -1.99. The van der Waals surface area contributed by atoms with Crippen molar-refractivity contribution in [2.45, 2.75) is 19.8 Å². The topological polar surface area (TPSA) is 60.9 Å². The van der Waals surface area contributed by atoms with E-state index in [0.717, 1.165) is 40.6 Å². The summed E-state index contributed by atoms with van der Waals surface area (Å²) in [7, 11) is 2.23. The second-order valence-corrected chi connectivity index (χ2v) is 9.80. The number of aromatic amines is 1. The van der Waals surface area contributed by atoms with E-state index in [0.29, 0.717) is 0 Å². The number of rotatable bonds is 3. The molecule has 3 unspecified atom stereocenters. The van der Waals surface area contributed by atoms with Gasteiger partial charge in [0.15, 0.2) is 0 Å². The fourth-order valence-electron chi connectivity index (χ4n) is 4.84. The molecule has 0 spiro atoms. The zero-order valence-electron chi connectivity index (χ0n) is 16.1. The molecule has 7 heteroatoms. The zero-order chi connectivity index (χ0) is 18.6. The van der Waals surface area contributed by atoms with Crippen molar-refractivity contribution in [3.63, 3.8) is 0 Å². The van der Waals surface area contributed by atoms with Gasteiger partial charge in [-0.1, -0.05) is 43.4 Å². The number of allylic oxidation sites excluding steroid dienone is 4. The van der Waals surface area contributed by atoms with Gasteiger partial charge in [0, 0.05) is 43.9 Å². The van der Waals surface area contributed by atoms with Crippen LogP contribution in [0.25, 0.3) is 5.57 Å². The van der Waals surface area contributed by atoms with Gasteiger partial charge in [-0.15, -0.1) is 10.2 Å². The van der Waals surface area contributed by atoms with E-state index in [1.54, 1.807) is 11.3 Å². The fraction of sp³-hybridized carbons (Fsp3) is 0.550. The van der Waals surface area contributed by atoms with Gasteiger partial charge in [0.25, 0.3) is 0 Å². The Bertz CT molecular complexity index is 866. The Labute approximate surface area is 164 Å². The molecular weight excluding hydrogens is 356 g/mol. The summed E-state index contributed by atoms with van der Waals surface area (Å²) in [5.41, 5.74) is 2.33. The van der Waals surface area contributed by atoms with E-state index in [-0.39, 0.29) is 11.3 Å². The van der Waals surface area contributed by atoms with Crippen molar-refractivity contribution in [2.24, 2.45) is 17.3 Å². The lowest BCUT2D eigenvalue weighted by molar-refractivity contribution is 0.387. The van der Waals surface area contributed by atoms with Crippen molar-refractivity contribution in [2.75, 3.05) is 38.1 Å². The molecular formula is C20H26N6S. The normalized spacial score (nSPS) is 30.0. The predicted octanol–water partition coefficient (Wildman–Crippen LogP) is 3.02. The molecule has 0 aromatic carbocycles. The lowest BCUT2D eigenvalue weighted by Crippen LogP contribution is -2.26. The molecule has 27 heavy (non-hydrogen) atoms. The molecule has 3 atom stereocenters. The SMILES string of the molecule is CN1CC2CN(c3nnc(C4C=CC(c5cn[nH]c5)=CC4(C)C)s3)CC2C1. The summed E-state index contributed by atoms with van der Waals surface area (Å²) < 4.78 is 0. The minimum atomic E-state index is -0.0115. The Morgan fingerprint density at radius 2 is 1.93 bits per heavy atom. The van der Waals surface area contributed by atoms with Crippen molar-refractivity contribution in [1.29, 1.82) is 0 Å². The molecule has 0 bridgehead atoms. The van der Waals surface area contributed by atoms with Crippen LogP contribution in [0, 0.1) is 17.3 Å². The third-order valence-electron chi connectivity index (χ3n) is 6.26. The largest absolute Gasteiger partial charge is 0.346 e. The number of hydrogen-bond acceptors (Lipinski definition) is 6. The maximum atomic E-state index is 4.59. The number of nitrogens with zero attached hydrogens (tertiary/aromatic N) is 5. The van der Waals surface area contributed by atoms with E-state index in [2.05, 4.69) is 69.3 Å². The second-order valence-electron chi connectivity index (χ2n) is 8.81.